The predicted octanol–water partition coefficient (Wildman–Crippen LogP) is 2.29. The summed E-state index contributed by atoms with van der Waals surface area (Å²) in [5.74, 6) is 0.658. The van der Waals surface area contributed by atoms with Crippen LogP contribution in [-0.4, -0.2) is 62.5 Å². The quantitative estimate of drug-likeness (QED) is 0.639. The lowest BCUT2D eigenvalue weighted by Gasteiger charge is -2.36. The molecule has 1 aromatic carbocycles. The second-order valence-corrected chi connectivity index (χ2v) is 8.51. The number of fused-ring (bicyclic) bond motifs is 1. The molecule has 3 heterocycles. The summed E-state index contributed by atoms with van der Waals surface area (Å²) in [5, 5.41) is 4.97. The first-order chi connectivity index (χ1) is 14.8. The molecule has 4 rings (SSSR count). The summed E-state index contributed by atoms with van der Waals surface area (Å²) in [6.07, 6.45) is 2.74. The van der Waals surface area contributed by atoms with Gasteiger partial charge >= 0.3 is 6.09 Å². The molecule has 0 radical (unpaired) electrons. The average Bonchev–Trinajstić information content (AvgIpc) is 2.75. The first-order valence-electron chi connectivity index (χ1n) is 10.3. The summed E-state index contributed by atoms with van der Waals surface area (Å²) < 4.78 is 6.87. The number of ether oxygens (including phenoxy) is 1. The van der Waals surface area contributed by atoms with Gasteiger partial charge in [0.2, 0.25) is 0 Å². The third kappa shape index (κ3) is 4.65. The van der Waals surface area contributed by atoms with Gasteiger partial charge in [-0.1, -0.05) is 30.3 Å². The highest BCUT2D eigenvalue weighted by molar-refractivity contribution is 5.88. The molecule has 0 N–H and O–H groups in total. The average molecular weight is 422 g/mol. The Labute approximate surface area is 180 Å². The molecule has 31 heavy (non-hydrogen) atoms. The third-order valence-corrected chi connectivity index (χ3v) is 5.03. The number of carbonyl (C=O) groups is 1. The zero-order chi connectivity index (χ0) is 22.0. The van der Waals surface area contributed by atoms with Crippen LogP contribution in [-0.2, 0) is 11.3 Å². The molecule has 0 bridgehead atoms. The Morgan fingerprint density at radius 3 is 2.45 bits per heavy atom. The summed E-state index contributed by atoms with van der Waals surface area (Å²) in [6.45, 7) is 8.13. The highest BCUT2D eigenvalue weighted by Gasteiger charge is 2.27. The summed E-state index contributed by atoms with van der Waals surface area (Å²) in [7, 11) is 0. The smallest absolute Gasteiger partial charge is 0.410 e. The molecule has 1 fully saturated rings. The number of anilines is 1. The number of hydrogen-bond donors (Lipinski definition) is 0. The minimum Gasteiger partial charge on any atom is -0.444 e. The summed E-state index contributed by atoms with van der Waals surface area (Å²) in [6, 6.07) is 9.70. The maximum atomic E-state index is 13.0. The number of carbonyl (C=O) groups excluding carboxylic acids is 1. The first-order valence-corrected chi connectivity index (χ1v) is 10.3. The van der Waals surface area contributed by atoms with Crippen molar-refractivity contribution in [3.8, 4) is 0 Å². The van der Waals surface area contributed by atoms with Crippen LogP contribution in [0.4, 0.5) is 10.6 Å². The molecule has 9 heteroatoms. The Balaban J connectivity index is 1.54. The Morgan fingerprint density at radius 1 is 1.06 bits per heavy atom. The van der Waals surface area contributed by atoms with Crippen LogP contribution < -0.4 is 10.5 Å². The van der Waals surface area contributed by atoms with E-state index in [-0.39, 0.29) is 11.7 Å². The number of rotatable bonds is 3. The molecule has 0 saturated carbocycles. The van der Waals surface area contributed by atoms with Gasteiger partial charge in [-0.3, -0.25) is 4.79 Å². The standard InChI is InChI=1S/C22H26N6O3/c1-22(2,3)31-21(30)27-11-9-26(10-12-27)19-17-13-25-28(14-16-7-5-4-6-8-16)20(29)18(17)23-15-24-19/h4-8,13,15H,9-12,14H2,1-3H3. The van der Waals surface area contributed by atoms with Gasteiger partial charge < -0.3 is 14.5 Å². The minimum absolute atomic E-state index is 0.252. The van der Waals surface area contributed by atoms with Crippen molar-refractivity contribution in [2.45, 2.75) is 32.9 Å². The number of nitrogens with zero attached hydrogens (tertiary/aromatic N) is 6. The van der Waals surface area contributed by atoms with Gasteiger partial charge in [-0.05, 0) is 26.3 Å². The Morgan fingerprint density at radius 2 is 1.77 bits per heavy atom. The van der Waals surface area contributed by atoms with E-state index in [2.05, 4.69) is 15.1 Å². The maximum absolute atomic E-state index is 13.0. The number of benzene rings is 1. The molecule has 0 aliphatic carbocycles. The van der Waals surface area contributed by atoms with Crippen LogP contribution in [0.3, 0.4) is 0 Å². The Hall–Kier alpha value is -3.49. The van der Waals surface area contributed by atoms with Crippen molar-refractivity contribution >= 4 is 22.8 Å². The molecule has 1 saturated heterocycles. The molecule has 2 aromatic heterocycles. The highest BCUT2D eigenvalue weighted by Crippen LogP contribution is 2.22. The fourth-order valence-electron chi connectivity index (χ4n) is 3.53. The van der Waals surface area contributed by atoms with E-state index in [9.17, 15) is 9.59 Å². The van der Waals surface area contributed by atoms with E-state index >= 15 is 0 Å². The van der Waals surface area contributed by atoms with Crippen LogP contribution in [0.25, 0.3) is 10.9 Å². The summed E-state index contributed by atoms with van der Waals surface area (Å²) in [5.41, 5.74) is 0.550. The van der Waals surface area contributed by atoms with Crippen molar-refractivity contribution < 1.29 is 9.53 Å². The van der Waals surface area contributed by atoms with E-state index < -0.39 is 5.60 Å². The summed E-state index contributed by atoms with van der Waals surface area (Å²) >= 11 is 0. The Kier molecular flexibility index (Phi) is 5.58. The molecular weight excluding hydrogens is 396 g/mol. The van der Waals surface area contributed by atoms with E-state index in [1.54, 1.807) is 11.1 Å². The van der Waals surface area contributed by atoms with Gasteiger partial charge in [0, 0.05) is 26.2 Å². The van der Waals surface area contributed by atoms with Gasteiger partial charge in [0.25, 0.3) is 5.56 Å². The van der Waals surface area contributed by atoms with Crippen molar-refractivity contribution in [2.75, 3.05) is 31.1 Å². The van der Waals surface area contributed by atoms with Crippen molar-refractivity contribution in [1.29, 1.82) is 0 Å². The van der Waals surface area contributed by atoms with Crippen LogP contribution >= 0.6 is 0 Å². The zero-order valence-corrected chi connectivity index (χ0v) is 18.0. The highest BCUT2D eigenvalue weighted by atomic mass is 16.6. The maximum Gasteiger partial charge on any atom is 0.410 e. The van der Waals surface area contributed by atoms with Gasteiger partial charge in [-0.15, -0.1) is 0 Å². The van der Waals surface area contributed by atoms with Gasteiger partial charge in [0.15, 0.2) is 0 Å². The molecule has 1 amide bonds. The third-order valence-electron chi connectivity index (χ3n) is 5.03. The number of piperazine rings is 1. The second-order valence-electron chi connectivity index (χ2n) is 8.51. The van der Waals surface area contributed by atoms with E-state index in [0.717, 1.165) is 5.56 Å². The molecule has 3 aromatic rings. The first kappa shape index (κ1) is 20.8. The molecule has 0 spiro atoms. The molecule has 1 aliphatic heterocycles. The SMILES string of the molecule is CC(C)(C)OC(=O)N1CCN(c2ncnc3c(=O)n(Cc4ccccc4)ncc23)CC1. The lowest BCUT2D eigenvalue weighted by molar-refractivity contribution is 0.0240. The molecule has 0 atom stereocenters. The largest absolute Gasteiger partial charge is 0.444 e. The van der Waals surface area contributed by atoms with Crippen LogP contribution in [0, 0.1) is 0 Å². The van der Waals surface area contributed by atoms with Gasteiger partial charge in [0.1, 0.15) is 23.3 Å². The van der Waals surface area contributed by atoms with Crippen LogP contribution in [0.1, 0.15) is 26.3 Å². The van der Waals surface area contributed by atoms with Crippen molar-refractivity contribution in [3.63, 3.8) is 0 Å². The van der Waals surface area contributed by atoms with E-state index in [1.165, 1.54) is 11.0 Å². The van der Waals surface area contributed by atoms with E-state index in [4.69, 9.17) is 4.74 Å². The van der Waals surface area contributed by atoms with Crippen LogP contribution in [0.15, 0.2) is 47.7 Å². The van der Waals surface area contributed by atoms with E-state index in [1.807, 2.05) is 56.0 Å². The zero-order valence-electron chi connectivity index (χ0n) is 18.0. The van der Waals surface area contributed by atoms with Crippen molar-refractivity contribution in [1.82, 2.24) is 24.6 Å². The lowest BCUT2D eigenvalue weighted by atomic mass is 10.2. The number of aromatic nitrogens is 4. The normalized spacial score (nSPS) is 14.7. The molecular formula is C22H26N6O3. The lowest BCUT2D eigenvalue weighted by Crippen LogP contribution is -2.50. The van der Waals surface area contributed by atoms with Gasteiger partial charge in [0.05, 0.1) is 18.1 Å². The topological polar surface area (TPSA) is 93.5 Å². The van der Waals surface area contributed by atoms with Crippen LogP contribution in [0.5, 0.6) is 0 Å². The number of amides is 1. The molecule has 162 valence electrons. The fraction of sp³-hybridized carbons (Fsp3) is 0.409. The minimum atomic E-state index is -0.525. The monoisotopic (exact) mass is 422 g/mol. The fourth-order valence-corrected chi connectivity index (χ4v) is 3.53. The Bertz CT molecular complexity index is 1130. The summed E-state index contributed by atoms with van der Waals surface area (Å²) in [4.78, 5) is 37.6. The molecule has 0 unspecified atom stereocenters. The second kappa shape index (κ2) is 8.33. The molecule has 9 nitrogen and oxygen atoms in total. The number of hydrogen-bond acceptors (Lipinski definition) is 7. The van der Waals surface area contributed by atoms with Crippen molar-refractivity contribution in [2.24, 2.45) is 0 Å². The van der Waals surface area contributed by atoms with E-state index in [0.29, 0.717) is 49.4 Å². The van der Waals surface area contributed by atoms with Gasteiger partial charge in [-0.2, -0.15) is 5.10 Å². The van der Waals surface area contributed by atoms with Crippen LogP contribution in [0.2, 0.25) is 0 Å². The predicted molar refractivity (Wildman–Crippen MR) is 117 cm³/mol. The molecule has 1 aliphatic rings. The van der Waals surface area contributed by atoms with Crippen molar-refractivity contribution in [3.05, 3.63) is 58.8 Å². The van der Waals surface area contributed by atoms with Gasteiger partial charge in [-0.25, -0.2) is 19.4 Å².